The maximum Gasteiger partial charge on any atom is 0.265 e. The minimum absolute atomic E-state index is 0.279. The molecule has 0 amide bonds. The minimum Gasteiger partial charge on any atom is -0.496 e. The predicted octanol–water partition coefficient (Wildman–Crippen LogP) is 4.28. The molecule has 0 N–H and O–H groups in total. The van der Waals surface area contributed by atoms with E-state index in [1.54, 1.807) is 31.0 Å². The summed E-state index contributed by atoms with van der Waals surface area (Å²) in [6, 6.07) is 16.9. The Balaban J connectivity index is 1.81. The van der Waals surface area contributed by atoms with Crippen molar-refractivity contribution in [2.45, 2.75) is 16.3 Å². The first-order chi connectivity index (χ1) is 12.1. The third kappa shape index (κ3) is 2.48. The summed E-state index contributed by atoms with van der Waals surface area (Å²) in [6.07, 6.45) is 1.99. The van der Waals surface area contributed by atoms with Gasteiger partial charge in [-0.05, 0) is 41.5 Å². The quantitative estimate of drug-likeness (QED) is 0.642. The van der Waals surface area contributed by atoms with Crippen molar-refractivity contribution in [2.24, 2.45) is 0 Å². The van der Waals surface area contributed by atoms with Crippen LogP contribution >= 0.6 is 11.8 Å². The number of hydrogen-bond donors (Lipinski definition) is 0. The number of methoxy groups -OCH3 is 1. The van der Waals surface area contributed by atoms with Crippen molar-refractivity contribution >= 4 is 38.2 Å². The second-order valence-electron chi connectivity index (χ2n) is 5.83. The molecule has 1 aliphatic rings. The second-order valence-corrected chi connectivity index (χ2v) is 8.51. The predicted molar refractivity (Wildman–Crippen MR) is 102 cm³/mol. The summed E-state index contributed by atoms with van der Waals surface area (Å²) in [5, 5.41) is 1.74. The summed E-state index contributed by atoms with van der Waals surface area (Å²) < 4.78 is 33.0. The van der Waals surface area contributed by atoms with Crippen LogP contribution in [0.1, 0.15) is 5.56 Å². The number of benzene rings is 3. The van der Waals surface area contributed by atoms with E-state index in [4.69, 9.17) is 4.74 Å². The van der Waals surface area contributed by atoms with E-state index < -0.39 is 10.0 Å². The number of rotatable bonds is 4. The molecule has 0 aliphatic carbocycles. The standard InChI is InChI=1S/C19H17NO3S2/c1-23-16-11-13(9-10-17(16)24-2)12-20-15-7-3-5-14-6-4-8-18(19(14)15)25(20,21)22/h3-11H,12H2,1-2H3. The molecule has 0 fully saturated rings. The zero-order valence-electron chi connectivity index (χ0n) is 13.9. The van der Waals surface area contributed by atoms with Crippen molar-refractivity contribution in [3.8, 4) is 5.75 Å². The van der Waals surface area contributed by atoms with Crippen LogP contribution in [-0.4, -0.2) is 21.8 Å². The van der Waals surface area contributed by atoms with Gasteiger partial charge in [-0.3, -0.25) is 4.31 Å². The monoisotopic (exact) mass is 371 g/mol. The van der Waals surface area contributed by atoms with E-state index in [9.17, 15) is 8.42 Å². The summed E-state index contributed by atoms with van der Waals surface area (Å²) in [6.45, 7) is 0.279. The maximum absolute atomic E-state index is 13.0. The zero-order chi connectivity index (χ0) is 17.6. The van der Waals surface area contributed by atoms with E-state index in [0.717, 1.165) is 32.7 Å². The fraction of sp³-hybridized carbons (Fsp3) is 0.158. The average Bonchev–Trinajstić information content (AvgIpc) is 2.85. The Morgan fingerprint density at radius 2 is 1.84 bits per heavy atom. The van der Waals surface area contributed by atoms with Crippen molar-refractivity contribution < 1.29 is 13.2 Å². The molecule has 0 spiro atoms. The first-order valence-electron chi connectivity index (χ1n) is 7.81. The van der Waals surface area contributed by atoms with Crippen LogP contribution in [0, 0.1) is 0 Å². The van der Waals surface area contributed by atoms with Crippen molar-refractivity contribution in [1.29, 1.82) is 0 Å². The molecular formula is C19H17NO3S2. The molecule has 4 rings (SSSR count). The van der Waals surface area contributed by atoms with Crippen LogP contribution in [-0.2, 0) is 16.6 Å². The highest BCUT2D eigenvalue weighted by Crippen LogP contribution is 2.43. The van der Waals surface area contributed by atoms with E-state index >= 15 is 0 Å². The van der Waals surface area contributed by atoms with Gasteiger partial charge in [-0.2, -0.15) is 0 Å². The van der Waals surface area contributed by atoms with Gasteiger partial charge in [0, 0.05) is 10.3 Å². The first kappa shape index (κ1) is 16.3. The number of ether oxygens (including phenoxy) is 1. The molecule has 0 aromatic heterocycles. The first-order valence-corrected chi connectivity index (χ1v) is 10.5. The van der Waals surface area contributed by atoms with E-state index in [0.29, 0.717) is 4.90 Å². The average molecular weight is 371 g/mol. The highest BCUT2D eigenvalue weighted by molar-refractivity contribution is 7.98. The van der Waals surface area contributed by atoms with E-state index in [1.165, 1.54) is 4.31 Å². The van der Waals surface area contributed by atoms with Crippen LogP contribution in [0.5, 0.6) is 5.75 Å². The van der Waals surface area contributed by atoms with Gasteiger partial charge in [-0.1, -0.05) is 30.3 Å². The maximum atomic E-state index is 13.0. The zero-order valence-corrected chi connectivity index (χ0v) is 15.5. The molecule has 0 saturated heterocycles. The molecule has 128 valence electrons. The van der Waals surface area contributed by atoms with Crippen molar-refractivity contribution in [3.05, 3.63) is 60.2 Å². The molecular weight excluding hydrogens is 354 g/mol. The van der Waals surface area contributed by atoms with Gasteiger partial charge >= 0.3 is 0 Å². The third-order valence-corrected chi connectivity index (χ3v) is 7.03. The van der Waals surface area contributed by atoms with Crippen molar-refractivity contribution in [2.75, 3.05) is 17.7 Å². The van der Waals surface area contributed by atoms with Crippen LogP contribution in [0.3, 0.4) is 0 Å². The van der Waals surface area contributed by atoms with E-state index in [2.05, 4.69) is 0 Å². The van der Waals surface area contributed by atoms with Gasteiger partial charge in [0.25, 0.3) is 10.0 Å². The van der Waals surface area contributed by atoms with Crippen molar-refractivity contribution in [3.63, 3.8) is 0 Å². The fourth-order valence-corrected chi connectivity index (χ4v) is 5.52. The molecule has 1 aliphatic heterocycles. The number of sulfonamides is 1. The lowest BCUT2D eigenvalue weighted by atomic mass is 10.1. The van der Waals surface area contributed by atoms with Gasteiger partial charge < -0.3 is 4.74 Å². The van der Waals surface area contributed by atoms with Gasteiger partial charge in [0.15, 0.2) is 0 Å². The smallest absolute Gasteiger partial charge is 0.265 e. The Bertz CT molecular complexity index is 1070. The van der Waals surface area contributed by atoms with Gasteiger partial charge in [-0.15, -0.1) is 11.8 Å². The molecule has 6 heteroatoms. The Labute approximate surface area is 151 Å². The van der Waals surface area contributed by atoms with Gasteiger partial charge in [-0.25, -0.2) is 8.42 Å². The normalized spacial score (nSPS) is 14.9. The fourth-order valence-electron chi connectivity index (χ4n) is 3.27. The topological polar surface area (TPSA) is 46.6 Å². The Kier molecular flexibility index (Phi) is 3.89. The van der Waals surface area contributed by atoms with E-state index in [1.807, 2.05) is 48.7 Å². The summed E-state index contributed by atoms with van der Waals surface area (Å²) in [7, 11) is -1.92. The number of thioether (sulfide) groups is 1. The summed E-state index contributed by atoms with van der Waals surface area (Å²) in [5.41, 5.74) is 1.63. The molecule has 3 aromatic carbocycles. The Morgan fingerprint density at radius 3 is 2.56 bits per heavy atom. The van der Waals surface area contributed by atoms with Gasteiger partial charge in [0.2, 0.25) is 0 Å². The molecule has 0 unspecified atom stereocenters. The highest BCUT2D eigenvalue weighted by Gasteiger charge is 2.35. The van der Waals surface area contributed by atoms with Crippen LogP contribution in [0.4, 0.5) is 5.69 Å². The van der Waals surface area contributed by atoms with E-state index in [-0.39, 0.29) is 6.54 Å². The molecule has 0 saturated carbocycles. The van der Waals surface area contributed by atoms with Gasteiger partial charge in [0.1, 0.15) is 5.75 Å². The number of anilines is 1. The number of hydrogen-bond acceptors (Lipinski definition) is 4. The van der Waals surface area contributed by atoms with Crippen LogP contribution in [0.2, 0.25) is 0 Å². The van der Waals surface area contributed by atoms with Crippen LogP contribution in [0.25, 0.3) is 10.8 Å². The minimum atomic E-state index is -3.54. The molecule has 0 bridgehead atoms. The molecule has 1 heterocycles. The second kappa shape index (κ2) is 5.97. The van der Waals surface area contributed by atoms with Gasteiger partial charge in [0.05, 0.1) is 24.2 Å². The van der Waals surface area contributed by atoms with Crippen LogP contribution in [0.15, 0.2) is 64.4 Å². The summed E-state index contributed by atoms with van der Waals surface area (Å²) >= 11 is 1.60. The Hall–Kier alpha value is -2.18. The molecule has 0 radical (unpaired) electrons. The molecule has 4 nitrogen and oxygen atoms in total. The third-order valence-electron chi connectivity index (χ3n) is 4.46. The SMILES string of the molecule is COc1cc(CN2c3cccc4cccc(c34)S2(=O)=O)ccc1SC. The summed E-state index contributed by atoms with van der Waals surface area (Å²) in [4.78, 5) is 1.41. The largest absolute Gasteiger partial charge is 0.496 e. The Morgan fingerprint density at radius 1 is 1.08 bits per heavy atom. The number of nitrogens with zero attached hydrogens (tertiary/aromatic N) is 1. The lowest BCUT2D eigenvalue weighted by molar-refractivity contribution is 0.404. The lowest BCUT2D eigenvalue weighted by Crippen LogP contribution is -2.26. The lowest BCUT2D eigenvalue weighted by Gasteiger charge is -2.19. The molecule has 0 atom stereocenters. The van der Waals surface area contributed by atoms with Crippen LogP contribution < -0.4 is 9.04 Å². The molecule has 3 aromatic rings. The summed E-state index contributed by atoms with van der Waals surface area (Å²) in [5.74, 6) is 0.761. The molecule has 25 heavy (non-hydrogen) atoms. The highest BCUT2D eigenvalue weighted by atomic mass is 32.2. The van der Waals surface area contributed by atoms with Crippen molar-refractivity contribution in [1.82, 2.24) is 0 Å².